The number of nitrogens with zero attached hydrogens (tertiary/aromatic N) is 5. The van der Waals surface area contributed by atoms with Crippen molar-refractivity contribution in [3.8, 4) is 0 Å². The van der Waals surface area contributed by atoms with Crippen LogP contribution in [-0.4, -0.2) is 178 Å². The fourth-order valence-corrected chi connectivity index (χ4v) is 10.9. The van der Waals surface area contributed by atoms with Crippen LogP contribution in [0.3, 0.4) is 0 Å². The largest absolute Gasteiger partial charge is 0.481 e. The van der Waals surface area contributed by atoms with Crippen molar-refractivity contribution in [3.05, 3.63) is 71.8 Å². The van der Waals surface area contributed by atoms with Crippen LogP contribution < -0.4 is 16.0 Å². The molecular weight excluding hydrogens is 1020 g/mol. The van der Waals surface area contributed by atoms with Crippen molar-refractivity contribution in [2.45, 2.75) is 176 Å². The van der Waals surface area contributed by atoms with Crippen LogP contribution in [0.5, 0.6) is 0 Å². The lowest BCUT2D eigenvalue weighted by Crippen LogP contribution is -2.62. The van der Waals surface area contributed by atoms with E-state index in [1.165, 1.54) is 49.8 Å². The number of carboxylic acid groups (broad SMARTS) is 1. The summed E-state index contributed by atoms with van der Waals surface area (Å²) in [5, 5.41) is 19.1. The van der Waals surface area contributed by atoms with Crippen LogP contribution in [0.15, 0.2) is 60.7 Å². The molecule has 2 aliphatic rings. The average molecular weight is 1120 g/mol. The molecule has 0 aliphatic carbocycles. The molecule has 2 aromatic rings. The van der Waals surface area contributed by atoms with Crippen molar-refractivity contribution < 1.29 is 57.8 Å². The summed E-state index contributed by atoms with van der Waals surface area (Å²) < 4.78 is 6.03. The maximum atomic E-state index is 15.3. The molecule has 2 aromatic carbocycles. The van der Waals surface area contributed by atoms with Gasteiger partial charge in [-0.2, -0.15) is 0 Å². The quantitative estimate of drug-likeness (QED) is 0.193. The summed E-state index contributed by atoms with van der Waals surface area (Å²) in [6.07, 6.45) is -0.174. The lowest BCUT2D eigenvalue weighted by molar-refractivity contribution is -0.174. The number of carboxylic acids is 1. The van der Waals surface area contributed by atoms with E-state index in [1.54, 1.807) is 90.9 Å². The Morgan fingerprint density at radius 3 is 1.54 bits per heavy atom. The number of ether oxygens (including phenoxy) is 1. The van der Waals surface area contributed by atoms with Gasteiger partial charge in [-0.1, -0.05) is 136 Å². The first-order chi connectivity index (χ1) is 37.6. The van der Waals surface area contributed by atoms with Gasteiger partial charge in [0.15, 0.2) is 6.10 Å². The lowest BCUT2D eigenvalue weighted by Gasteiger charge is -2.38. The van der Waals surface area contributed by atoms with E-state index >= 15 is 9.59 Å². The summed E-state index contributed by atoms with van der Waals surface area (Å²) in [7, 11) is 5.51. The van der Waals surface area contributed by atoms with E-state index in [0.717, 1.165) is 9.80 Å². The Kier molecular flexibility index (Phi) is 24.3. The van der Waals surface area contributed by atoms with Gasteiger partial charge in [0.05, 0.1) is 5.92 Å². The molecule has 80 heavy (non-hydrogen) atoms. The van der Waals surface area contributed by atoms with Gasteiger partial charge in [-0.15, -0.1) is 0 Å². The van der Waals surface area contributed by atoms with Crippen LogP contribution in [0.4, 0.5) is 0 Å². The van der Waals surface area contributed by atoms with Crippen LogP contribution >= 0.6 is 0 Å². The van der Waals surface area contributed by atoms with Crippen LogP contribution in [-0.2, 0) is 65.5 Å². The summed E-state index contributed by atoms with van der Waals surface area (Å²) in [6.45, 7) is 18.9. The maximum absolute atomic E-state index is 15.3. The minimum atomic E-state index is -1.83. The molecule has 2 heterocycles. The van der Waals surface area contributed by atoms with Crippen LogP contribution in [0.1, 0.15) is 119 Å². The molecule has 2 saturated heterocycles. The summed E-state index contributed by atoms with van der Waals surface area (Å²) in [5.74, 6) is -12.3. The highest BCUT2D eigenvalue weighted by Crippen LogP contribution is 2.27. The van der Waals surface area contributed by atoms with E-state index in [4.69, 9.17) is 4.74 Å². The summed E-state index contributed by atoms with van der Waals surface area (Å²) in [5.41, 5.74) is 1.39. The highest BCUT2D eigenvalue weighted by Gasteiger charge is 2.47. The third-order valence-corrected chi connectivity index (χ3v) is 16.1. The van der Waals surface area contributed by atoms with Crippen LogP contribution in [0.25, 0.3) is 0 Å². The second kappa shape index (κ2) is 29.6. The predicted molar refractivity (Wildman–Crippen MR) is 302 cm³/mol. The highest BCUT2D eigenvalue weighted by molar-refractivity contribution is 5.99. The molecular formula is C60H90N8O12. The predicted octanol–water partition coefficient (Wildman–Crippen LogP) is 4.32. The monoisotopic (exact) mass is 1110 g/mol. The Morgan fingerprint density at radius 1 is 0.575 bits per heavy atom. The Labute approximate surface area is 473 Å². The van der Waals surface area contributed by atoms with E-state index in [-0.39, 0.29) is 44.6 Å². The second-order valence-corrected chi connectivity index (χ2v) is 23.2. The number of rotatable bonds is 14. The molecule has 442 valence electrons. The molecule has 0 aromatic heterocycles. The third kappa shape index (κ3) is 16.2. The van der Waals surface area contributed by atoms with Gasteiger partial charge in [-0.05, 0) is 67.4 Å². The Balaban J connectivity index is 1.99. The first-order valence-corrected chi connectivity index (χ1v) is 28.4. The molecule has 12 unspecified atom stereocenters. The molecule has 0 saturated carbocycles. The average Bonchev–Trinajstić information content (AvgIpc) is 4.01. The molecule has 0 radical (unpaired) electrons. The number of amides is 8. The van der Waals surface area contributed by atoms with Gasteiger partial charge in [-0.25, -0.2) is 4.79 Å². The van der Waals surface area contributed by atoms with Crippen LogP contribution in [0, 0.1) is 35.5 Å². The molecule has 2 fully saturated rings. The fraction of sp³-hybridized carbons (Fsp3) is 0.633. The van der Waals surface area contributed by atoms with E-state index in [2.05, 4.69) is 16.0 Å². The number of benzene rings is 2. The summed E-state index contributed by atoms with van der Waals surface area (Å²) in [4.78, 5) is 153. The summed E-state index contributed by atoms with van der Waals surface area (Å²) in [6, 6.07) is 7.61. The molecule has 20 heteroatoms. The van der Waals surface area contributed by atoms with Gasteiger partial charge in [0.1, 0.15) is 48.3 Å². The molecule has 20 nitrogen and oxygen atoms in total. The topological polar surface area (TPSA) is 252 Å². The number of carbonyl (C=O) groups excluding carboxylic acids is 9. The fourth-order valence-electron chi connectivity index (χ4n) is 10.9. The molecule has 12 atom stereocenters. The number of aliphatic carboxylic acids is 1. The number of cyclic esters (lactones) is 1. The van der Waals surface area contributed by atoms with E-state index in [1.807, 2.05) is 39.0 Å². The molecule has 2 aliphatic heterocycles. The number of hydrogen-bond donors (Lipinski definition) is 4. The van der Waals surface area contributed by atoms with Gasteiger partial charge in [-0.3, -0.25) is 43.2 Å². The lowest BCUT2D eigenvalue weighted by atomic mass is 9.94. The Hall–Kier alpha value is -6.86. The Bertz CT molecular complexity index is 2490. The third-order valence-electron chi connectivity index (χ3n) is 16.1. The van der Waals surface area contributed by atoms with Gasteiger partial charge in [0.25, 0.3) is 5.91 Å². The number of esters is 1. The number of hydrogen-bond acceptors (Lipinski definition) is 11. The van der Waals surface area contributed by atoms with Gasteiger partial charge < -0.3 is 50.3 Å². The highest BCUT2D eigenvalue weighted by atomic mass is 16.6. The zero-order valence-electron chi connectivity index (χ0n) is 49.8. The molecule has 0 bridgehead atoms. The van der Waals surface area contributed by atoms with Crippen molar-refractivity contribution in [1.82, 2.24) is 40.4 Å². The van der Waals surface area contributed by atoms with Crippen molar-refractivity contribution in [1.29, 1.82) is 0 Å². The Morgan fingerprint density at radius 2 is 1.05 bits per heavy atom. The minimum absolute atomic E-state index is 0.0278. The van der Waals surface area contributed by atoms with Gasteiger partial charge in [0.2, 0.25) is 41.4 Å². The van der Waals surface area contributed by atoms with E-state index in [9.17, 15) is 43.5 Å². The standard InChI is InChI=1S/C60H90N8O12/c1-16-37(9)46-57(75)65(13)47(35(5)6)52(70)61-42(31-34(3)4)55(73)67(15)49(39(11)59(77)78)60(79)80-50(38(10)17-2)58(76)66(14)48(36(7)8)53(71)62-43(32-40-25-20-18-21-26-40)54(72)64(12)45(33-41-27-22-19-23-28-41)56(74)68-30-24-29-44(68)51(69)63-46/h18-23,25-28,34-39,42-50H,16-17,24,29-33H2,1-15H3,(H,61,70)(H,62,71)(H,63,69)(H,77,78). The molecule has 4 N–H and O–H groups in total. The van der Waals surface area contributed by atoms with Crippen molar-refractivity contribution in [3.63, 3.8) is 0 Å². The van der Waals surface area contributed by atoms with E-state index < -0.39 is 143 Å². The molecule has 8 amide bonds. The van der Waals surface area contributed by atoms with Gasteiger partial charge in [0, 0.05) is 53.5 Å². The first kappa shape index (κ1) is 65.7. The second-order valence-electron chi connectivity index (χ2n) is 23.2. The van der Waals surface area contributed by atoms with Gasteiger partial charge >= 0.3 is 11.9 Å². The maximum Gasteiger partial charge on any atom is 0.330 e. The number of likely N-dealkylation sites (N-methyl/N-ethyl adjacent to an activating group) is 4. The summed E-state index contributed by atoms with van der Waals surface area (Å²) >= 11 is 0. The number of carbonyl (C=O) groups is 10. The first-order valence-electron chi connectivity index (χ1n) is 28.4. The van der Waals surface area contributed by atoms with Crippen molar-refractivity contribution in [2.24, 2.45) is 35.5 Å². The molecule has 0 spiro atoms. The SMILES string of the molecule is CCC(C)C1NC(=O)C2CCCN2C(=O)C(Cc2ccccc2)N(C)C(=O)C(Cc2ccccc2)NC(=O)C(C(C)C)N(C)C(=O)C(C(C)CC)OC(=O)C(C(C)C(=O)O)N(C)C(=O)C(CC(C)C)NC(=O)C(C(C)C)N(C)C1=O. The zero-order valence-corrected chi connectivity index (χ0v) is 49.8. The van der Waals surface area contributed by atoms with Crippen molar-refractivity contribution >= 4 is 59.2 Å². The van der Waals surface area contributed by atoms with Crippen molar-refractivity contribution in [2.75, 3.05) is 34.7 Å². The smallest absolute Gasteiger partial charge is 0.330 e. The normalized spacial score (nSPS) is 26.4. The van der Waals surface area contributed by atoms with Crippen LogP contribution in [0.2, 0.25) is 0 Å². The zero-order chi connectivity index (χ0) is 60.0. The number of fused-ring (bicyclic) bond motifs is 1. The molecule has 4 rings (SSSR count). The minimum Gasteiger partial charge on any atom is -0.481 e. The number of nitrogens with one attached hydrogen (secondary N) is 3. The van der Waals surface area contributed by atoms with E-state index in [0.29, 0.717) is 24.0 Å².